The minimum absolute atomic E-state index is 0.00497. The first kappa shape index (κ1) is 17.4. The molecule has 2 aromatic heterocycles. The van der Waals surface area contributed by atoms with Gasteiger partial charge in [0.1, 0.15) is 5.75 Å². The molecule has 1 aliphatic heterocycles. The summed E-state index contributed by atoms with van der Waals surface area (Å²) in [6.07, 6.45) is 2.47. The normalized spacial score (nSPS) is 15.4. The predicted molar refractivity (Wildman–Crippen MR) is 91.4 cm³/mol. The summed E-state index contributed by atoms with van der Waals surface area (Å²) in [5, 5.41) is 3.99. The Hall–Kier alpha value is -2.44. The first-order chi connectivity index (χ1) is 12.1. The van der Waals surface area contributed by atoms with E-state index >= 15 is 0 Å². The van der Waals surface area contributed by atoms with E-state index in [1.54, 1.807) is 6.92 Å². The summed E-state index contributed by atoms with van der Waals surface area (Å²) >= 11 is 0. The maximum absolute atomic E-state index is 12.4. The molecule has 2 aromatic rings. The van der Waals surface area contributed by atoms with Crippen LogP contribution in [-0.4, -0.2) is 45.6 Å². The fraction of sp³-hybridized carbons (Fsp3) is 0.556. The Bertz CT molecular complexity index is 736. The molecule has 1 amide bonds. The van der Waals surface area contributed by atoms with Crippen molar-refractivity contribution in [2.24, 2.45) is 0 Å². The van der Waals surface area contributed by atoms with Crippen molar-refractivity contribution < 1.29 is 14.1 Å². The summed E-state index contributed by atoms with van der Waals surface area (Å²) in [4.78, 5) is 23.0. The van der Waals surface area contributed by atoms with Crippen molar-refractivity contribution in [3.05, 3.63) is 35.2 Å². The lowest BCUT2D eigenvalue weighted by Crippen LogP contribution is -2.40. The molecule has 1 fully saturated rings. The number of aryl methyl sites for hydroxylation is 3. The molecule has 0 aliphatic carbocycles. The van der Waals surface area contributed by atoms with Gasteiger partial charge in [0.15, 0.2) is 12.4 Å². The van der Waals surface area contributed by atoms with Crippen LogP contribution in [0.4, 0.5) is 0 Å². The van der Waals surface area contributed by atoms with Crippen molar-refractivity contribution in [1.82, 2.24) is 20.0 Å². The number of rotatable bonds is 5. The zero-order valence-electron chi connectivity index (χ0n) is 15.0. The second kappa shape index (κ2) is 7.63. The quantitative estimate of drug-likeness (QED) is 0.828. The summed E-state index contributed by atoms with van der Waals surface area (Å²) in [7, 11) is 0. The van der Waals surface area contributed by atoms with Crippen LogP contribution in [0.3, 0.4) is 0 Å². The maximum atomic E-state index is 12.4. The topological polar surface area (TPSA) is 81.4 Å². The molecule has 7 heteroatoms. The first-order valence-electron chi connectivity index (χ1n) is 8.74. The Labute approximate surface area is 147 Å². The molecule has 0 N–H and O–H groups in total. The standard InChI is InChI=1S/C18H24N4O3/c1-4-15-16(6-5-12(2)19-15)24-11-17(23)22-9-7-14(8-10-22)18-20-13(3)25-21-18/h5-6,14H,4,7-11H2,1-3H3. The summed E-state index contributed by atoms with van der Waals surface area (Å²) in [6, 6.07) is 3.79. The average Bonchev–Trinajstić information content (AvgIpc) is 3.06. The van der Waals surface area contributed by atoms with Crippen molar-refractivity contribution in [3.8, 4) is 5.75 Å². The number of piperidine rings is 1. The molecular formula is C18H24N4O3. The van der Waals surface area contributed by atoms with Crippen LogP contribution < -0.4 is 4.74 Å². The molecule has 1 aliphatic rings. The molecule has 134 valence electrons. The van der Waals surface area contributed by atoms with Crippen molar-refractivity contribution >= 4 is 5.91 Å². The minimum atomic E-state index is 0.00497. The first-order valence-corrected chi connectivity index (χ1v) is 8.74. The number of nitrogens with zero attached hydrogens (tertiary/aromatic N) is 4. The third-order valence-corrected chi connectivity index (χ3v) is 4.51. The van der Waals surface area contributed by atoms with Gasteiger partial charge < -0.3 is 14.2 Å². The van der Waals surface area contributed by atoms with Gasteiger partial charge in [-0.1, -0.05) is 12.1 Å². The SMILES string of the molecule is CCc1nc(C)ccc1OCC(=O)N1CCC(c2noc(C)n2)CC1. The van der Waals surface area contributed by atoms with Crippen molar-refractivity contribution in [2.75, 3.05) is 19.7 Å². The molecule has 3 rings (SSSR count). The van der Waals surface area contributed by atoms with E-state index in [9.17, 15) is 4.79 Å². The van der Waals surface area contributed by atoms with Crippen LogP contribution in [0.15, 0.2) is 16.7 Å². The van der Waals surface area contributed by atoms with Gasteiger partial charge in [-0.05, 0) is 38.3 Å². The zero-order valence-corrected chi connectivity index (χ0v) is 15.0. The molecule has 0 saturated carbocycles. The van der Waals surface area contributed by atoms with Gasteiger partial charge in [-0.2, -0.15) is 4.98 Å². The summed E-state index contributed by atoms with van der Waals surface area (Å²) in [5.41, 5.74) is 1.84. The van der Waals surface area contributed by atoms with Crippen molar-refractivity contribution in [3.63, 3.8) is 0 Å². The Morgan fingerprint density at radius 3 is 2.68 bits per heavy atom. The van der Waals surface area contributed by atoms with Gasteiger partial charge >= 0.3 is 0 Å². The summed E-state index contributed by atoms with van der Waals surface area (Å²) in [6.45, 7) is 7.19. The lowest BCUT2D eigenvalue weighted by molar-refractivity contribution is -0.134. The van der Waals surface area contributed by atoms with Crippen molar-refractivity contribution in [2.45, 2.75) is 46.0 Å². The predicted octanol–water partition coefficient (Wildman–Crippen LogP) is 2.43. The third kappa shape index (κ3) is 4.15. The van der Waals surface area contributed by atoms with E-state index in [2.05, 4.69) is 15.1 Å². The number of hydrogen-bond donors (Lipinski definition) is 0. The van der Waals surface area contributed by atoms with Gasteiger partial charge in [0.2, 0.25) is 5.89 Å². The number of hydrogen-bond acceptors (Lipinski definition) is 6. The minimum Gasteiger partial charge on any atom is -0.482 e. The largest absolute Gasteiger partial charge is 0.482 e. The number of ether oxygens (including phenoxy) is 1. The monoisotopic (exact) mass is 344 g/mol. The van der Waals surface area contributed by atoms with Crippen LogP contribution in [-0.2, 0) is 11.2 Å². The summed E-state index contributed by atoms with van der Waals surface area (Å²) in [5.74, 6) is 2.29. The van der Waals surface area contributed by atoms with Crippen LogP contribution >= 0.6 is 0 Å². The van der Waals surface area contributed by atoms with E-state index in [1.807, 2.05) is 30.9 Å². The molecular weight excluding hydrogens is 320 g/mol. The number of aromatic nitrogens is 3. The van der Waals surface area contributed by atoms with Gasteiger partial charge in [0, 0.05) is 31.6 Å². The van der Waals surface area contributed by atoms with Gasteiger partial charge in [-0.25, -0.2) is 0 Å². The molecule has 0 radical (unpaired) electrons. The maximum Gasteiger partial charge on any atom is 0.260 e. The van der Waals surface area contributed by atoms with Gasteiger partial charge in [0.05, 0.1) is 5.69 Å². The fourth-order valence-corrected chi connectivity index (χ4v) is 3.08. The summed E-state index contributed by atoms with van der Waals surface area (Å²) < 4.78 is 10.8. The molecule has 0 unspecified atom stereocenters. The molecule has 1 saturated heterocycles. The Balaban J connectivity index is 1.51. The van der Waals surface area contributed by atoms with Crippen LogP contribution in [0, 0.1) is 13.8 Å². The Kier molecular flexibility index (Phi) is 5.31. The zero-order chi connectivity index (χ0) is 17.8. The van der Waals surface area contributed by atoms with E-state index in [4.69, 9.17) is 9.26 Å². The van der Waals surface area contributed by atoms with Crippen LogP contribution in [0.5, 0.6) is 5.75 Å². The van der Waals surface area contributed by atoms with E-state index < -0.39 is 0 Å². The highest BCUT2D eigenvalue weighted by atomic mass is 16.5. The highest BCUT2D eigenvalue weighted by Gasteiger charge is 2.26. The highest BCUT2D eigenvalue weighted by Crippen LogP contribution is 2.26. The molecule has 0 spiro atoms. The molecule has 7 nitrogen and oxygen atoms in total. The number of likely N-dealkylation sites (tertiary alicyclic amines) is 1. The van der Waals surface area contributed by atoms with Crippen LogP contribution in [0.2, 0.25) is 0 Å². The van der Waals surface area contributed by atoms with Gasteiger partial charge in [-0.15, -0.1) is 0 Å². The average molecular weight is 344 g/mol. The number of carbonyl (C=O) groups excluding carboxylic acids is 1. The molecule has 0 atom stereocenters. The smallest absolute Gasteiger partial charge is 0.260 e. The van der Waals surface area contributed by atoms with Crippen molar-refractivity contribution in [1.29, 1.82) is 0 Å². The highest BCUT2D eigenvalue weighted by molar-refractivity contribution is 5.77. The molecule has 0 bridgehead atoms. The van der Waals surface area contributed by atoms with Crippen LogP contribution in [0.1, 0.15) is 48.8 Å². The van der Waals surface area contributed by atoms with Gasteiger partial charge in [0.25, 0.3) is 5.91 Å². The van der Waals surface area contributed by atoms with E-state index in [0.717, 1.165) is 36.5 Å². The fourth-order valence-electron chi connectivity index (χ4n) is 3.08. The number of pyridine rings is 1. The lowest BCUT2D eigenvalue weighted by atomic mass is 9.96. The second-order valence-corrected chi connectivity index (χ2v) is 6.37. The number of carbonyl (C=O) groups is 1. The number of amides is 1. The molecule has 0 aromatic carbocycles. The molecule has 25 heavy (non-hydrogen) atoms. The third-order valence-electron chi connectivity index (χ3n) is 4.51. The van der Waals surface area contributed by atoms with E-state index in [0.29, 0.717) is 24.7 Å². The van der Waals surface area contributed by atoms with Crippen LogP contribution in [0.25, 0.3) is 0 Å². The molecule has 3 heterocycles. The van der Waals surface area contributed by atoms with E-state index in [-0.39, 0.29) is 18.4 Å². The van der Waals surface area contributed by atoms with E-state index in [1.165, 1.54) is 0 Å². The second-order valence-electron chi connectivity index (χ2n) is 6.37. The Morgan fingerprint density at radius 1 is 1.28 bits per heavy atom. The van der Waals surface area contributed by atoms with Gasteiger partial charge in [-0.3, -0.25) is 9.78 Å². The lowest BCUT2D eigenvalue weighted by Gasteiger charge is -2.30. The Morgan fingerprint density at radius 2 is 2.04 bits per heavy atom.